The smallest absolute Gasteiger partial charge is 0.335 e. The zero-order valence-electron chi connectivity index (χ0n) is 11.0. The molecule has 2 rings (SSSR count). The van der Waals surface area contributed by atoms with E-state index >= 15 is 0 Å². The van der Waals surface area contributed by atoms with Gasteiger partial charge >= 0.3 is 5.97 Å². The van der Waals surface area contributed by atoms with Gasteiger partial charge in [-0.05, 0) is 50.4 Å². The van der Waals surface area contributed by atoms with E-state index in [1.54, 1.807) is 0 Å². The lowest BCUT2D eigenvalue weighted by atomic mass is 9.67. The molecule has 0 saturated heterocycles. The van der Waals surface area contributed by atoms with Crippen LogP contribution in [0.15, 0.2) is 0 Å². The number of aliphatic carboxylic acids is 1. The molecule has 0 radical (unpaired) electrons. The van der Waals surface area contributed by atoms with E-state index in [1.165, 1.54) is 25.7 Å². The van der Waals surface area contributed by atoms with Crippen LogP contribution < -0.4 is 0 Å². The second-order valence-electron chi connectivity index (χ2n) is 5.93. The maximum absolute atomic E-state index is 11.5. The van der Waals surface area contributed by atoms with Crippen LogP contribution in [0.2, 0.25) is 0 Å². The number of hydrogen-bond donors (Lipinski definition) is 2. The first-order chi connectivity index (χ1) is 8.63. The molecule has 0 aromatic heterocycles. The normalized spacial score (nSPS) is 25.4. The molecule has 0 amide bonds. The van der Waals surface area contributed by atoms with Gasteiger partial charge in [0.2, 0.25) is 0 Å². The molecule has 1 spiro atoms. The Morgan fingerprint density at radius 2 is 1.67 bits per heavy atom. The summed E-state index contributed by atoms with van der Waals surface area (Å²) in [5.41, 5.74) is -0.567. The third-order valence-corrected chi connectivity index (χ3v) is 4.85. The molecular formula is C14H24O4. The van der Waals surface area contributed by atoms with Crippen LogP contribution >= 0.6 is 0 Å². The zero-order valence-corrected chi connectivity index (χ0v) is 11.0. The number of aliphatic hydroxyl groups is 1. The minimum absolute atomic E-state index is 0.0552. The largest absolute Gasteiger partial charge is 0.479 e. The highest BCUT2D eigenvalue weighted by Crippen LogP contribution is 2.52. The van der Waals surface area contributed by atoms with Crippen molar-refractivity contribution < 1.29 is 19.7 Å². The van der Waals surface area contributed by atoms with Crippen molar-refractivity contribution in [3.05, 3.63) is 0 Å². The molecule has 104 valence electrons. The number of carboxylic acid groups (broad SMARTS) is 1. The minimum atomic E-state index is -0.983. The molecule has 0 bridgehead atoms. The average Bonchev–Trinajstić information content (AvgIpc) is 2.81. The van der Waals surface area contributed by atoms with Crippen LogP contribution in [0.1, 0.15) is 57.8 Å². The van der Waals surface area contributed by atoms with Gasteiger partial charge in [0.05, 0.1) is 6.61 Å². The van der Waals surface area contributed by atoms with Crippen molar-refractivity contribution in [1.82, 2.24) is 0 Å². The summed E-state index contributed by atoms with van der Waals surface area (Å²) in [6.07, 6.45) is 8.87. The summed E-state index contributed by atoms with van der Waals surface area (Å²) in [5.74, 6) is -0.826. The van der Waals surface area contributed by atoms with Crippen LogP contribution in [-0.4, -0.2) is 35.0 Å². The summed E-state index contributed by atoms with van der Waals surface area (Å²) in [7, 11) is 0. The lowest BCUT2D eigenvalue weighted by molar-refractivity contribution is -0.175. The first kappa shape index (κ1) is 13.8. The lowest BCUT2D eigenvalue weighted by Gasteiger charge is -2.42. The fraction of sp³-hybridized carbons (Fsp3) is 0.929. The molecule has 0 aromatic carbocycles. The molecule has 0 aliphatic heterocycles. The first-order valence-electron chi connectivity index (χ1n) is 7.11. The van der Waals surface area contributed by atoms with E-state index in [0.29, 0.717) is 31.3 Å². The Labute approximate surface area is 108 Å². The van der Waals surface area contributed by atoms with E-state index in [0.717, 1.165) is 12.8 Å². The highest BCUT2D eigenvalue weighted by atomic mass is 16.5. The molecule has 4 nitrogen and oxygen atoms in total. The number of aliphatic hydroxyl groups excluding tert-OH is 1. The van der Waals surface area contributed by atoms with Crippen molar-refractivity contribution in [2.24, 2.45) is 5.41 Å². The van der Waals surface area contributed by atoms with Crippen molar-refractivity contribution in [3.63, 3.8) is 0 Å². The lowest BCUT2D eigenvalue weighted by Crippen LogP contribution is -2.47. The molecule has 0 heterocycles. The minimum Gasteiger partial charge on any atom is -0.479 e. The summed E-state index contributed by atoms with van der Waals surface area (Å²) in [6.45, 7) is 0.398. The maximum Gasteiger partial charge on any atom is 0.335 e. The van der Waals surface area contributed by atoms with E-state index < -0.39 is 11.6 Å². The Kier molecular flexibility index (Phi) is 4.28. The van der Waals surface area contributed by atoms with E-state index in [2.05, 4.69) is 0 Å². The maximum atomic E-state index is 11.5. The van der Waals surface area contributed by atoms with Gasteiger partial charge in [0.15, 0.2) is 5.60 Å². The third-order valence-electron chi connectivity index (χ3n) is 4.85. The number of hydrogen-bond acceptors (Lipinski definition) is 3. The van der Waals surface area contributed by atoms with Crippen molar-refractivity contribution in [3.8, 4) is 0 Å². The van der Waals surface area contributed by atoms with Gasteiger partial charge in [-0.2, -0.15) is 0 Å². The molecule has 0 aromatic rings. The fourth-order valence-corrected chi connectivity index (χ4v) is 3.56. The second-order valence-corrected chi connectivity index (χ2v) is 5.93. The summed E-state index contributed by atoms with van der Waals surface area (Å²) in [5, 5.41) is 18.2. The van der Waals surface area contributed by atoms with E-state index in [9.17, 15) is 9.90 Å². The van der Waals surface area contributed by atoms with Crippen LogP contribution in [0, 0.1) is 5.41 Å². The van der Waals surface area contributed by atoms with E-state index in [1.807, 2.05) is 0 Å². The average molecular weight is 256 g/mol. The highest BCUT2D eigenvalue weighted by molar-refractivity contribution is 5.77. The van der Waals surface area contributed by atoms with Crippen LogP contribution in [0.4, 0.5) is 0 Å². The first-order valence-corrected chi connectivity index (χ1v) is 7.11. The Bertz CT molecular complexity index is 284. The molecule has 0 atom stereocenters. The molecule has 2 fully saturated rings. The zero-order chi connectivity index (χ0) is 13.1. The van der Waals surface area contributed by atoms with Gasteiger partial charge in [-0.15, -0.1) is 0 Å². The number of carbonyl (C=O) groups is 1. The highest BCUT2D eigenvalue weighted by Gasteiger charge is 2.48. The molecule has 2 aliphatic carbocycles. The van der Waals surface area contributed by atoms with Gasteiger partial charge in [0, 0.05) is 6.61 Å². The molecule has 18 heavy (non-hydrogen) atoms. The molecular weight excluding hydrogens is 232 g/mol. The summed E-state index contributed by atoms with van der Waals surface area (Å²) >= 11 is 0. The molecule has 4 heteroatoms. The van der Waals surface area contributed by atoms with Crippen LogP contribution in [0.25, 0.3) is 0 Å². The van der Waals surface area contributed by atoms with Gasteiger partial charge in [0.25, 0.3) is 0 Å². The van der Waals surface area contributed by atoms with Crippen molar-refractivity contribution >= 4 is 5.97 Å². The standard InChI is InChI=1S/C14H24O4/c15-10-3-11-18-14(12(16)17)8-6-13(7-9-14)4-1-2-5-13/h15H,1-11H2,(H,16,17). The molecule has 2 aliphatic rings. The predicted molar refractivity (Wildman–Crippen MR) is 67.4 cm³/mol. The molecule has 0 unspecified atom stereocenters. The monoisotopic (exact) mass is 256 g/mol. The number of rotatable bonds is 5. The van der Waals surface area contributed by atoms with Gasteiger partial charge in [-0.25, -0.2) is 4.79 Å². The number of carboxylic acids is 1. The van der Waals surface area contributed by atoms with Crippen molar-refractivity contribution in [1.29, 1.82) is 0 Å². The molecule has 2 saturated carbocycles. The van der Waals surface area contributed by atoms with Gasteiger partial charge in [-0.3, -0.25) is 0 Å². The van der Waals surface area contributed by atoms with Crippen LogP contribution in [-0.2, 0) is 9.53 Å². The van der Waals surface area contributed by atoms with E-state index in [-0.39, 0.29) is 6.61 Å². The summed E-state index contributed by atoms with van der Waals surface area (Å²) in [6, 6.07) is 0. The topological polar surface area (TPSA) is 66.8 Å². The predicted octanol–water partition coefficient (Wildman–Crippen LogP) is 2.34. The van der Waals surface area contributed by atoms with Gasteiger partial charge < -0.3 is 14.9 Å². The Morgan fingerprint density at radius 1 is 1.06 bits per heavy atom. The number of ether oxygens (including phenoxy) is 1. The Balaban J connectivity index is 1.94. The van der Waals surface area contributed by atoms with Gasteiger partial charge in [0.1, 0.15) is 0 Å². The van der Waals surface area contributed by atoms with E-state index in [4.69, 9.17) is 9.84 Å². The quantitative estimate of drug-likeness (QED) is 0.741. The Morgan fingerprint density at radius 3 is 2.17 bits per heavy atom. The fourth-order valence-electron chi connectivity index (χ4n) is 3.56. The van der Waals surface area contributed by atoms with Crippen molar-refractivity contribution in [2.75, 3.05) is 13.2 Å². The Hall–Kier alpha value is -0.610. The van der Waals surface area contributed by atoms with Gasteiger partial charge in [-0.1, -0.05) is 12.8 Å². The summed E-state index contributed by atoms with van der Waals surface area (Å²) < 4.78 is 5.62. The second kappa shape index (κ2) is 5.57. The van der Waals surface area contributed by atoms with Crippen molar-refractivity contribution in [2.45, 2.75) is 63.4 Å². The summed E-state index contributed by atoms with van der Waals surface area (Å²) in [4.78, 5) is 11.5. The SMILES string of the molecule is O=C(O)C1(OCCCO)CCC2(CCCC2)CC1. The van der Waals surface area contributed by atoms with Crippen LogP contribution in [0.3, 0.4) is 0 Å². The third kappa shape index (κ3) is 2.69. The van der Waals surface area contributed by atoms with Crippen LogP contribution in [0.5, 0.6) is 0 Å². The molecule has 2 N–H and O–H groups in total.